The van der Waals surface area contributed by atoms with Crippen molar-refractivity contribution in [3.8, 4) is 0 Å². The lowest BCUT2D eigenvalue weighted by atomic mass is 9.50. The lowest BCUT2D eigenvalue weighted by Crippen LogP contribution is -2.53. The summed E-state index contributed by atoms with van der Waals surface area (Å²) >= 11 is 1.50. The van der Waals surface area contributed by atoms with E-state index in [2.05, 4.69) is 5.43 Å². The molecule has 47 heavy (non-hydrogen) atoms. The molecule has 3 fully saturated rings. The SMILES string of the molecule is Cc1ccc(NN2C(=O)C3CC4C(=CCC5C(=O)N(Cc6cccs6)C(=O)C54)C(c4ccc(CO)o4)C3(c3ccccc3)C2=O)cc1. The Balaban J connectivity index is 1.29. The first-order valence-corrected chi connectivity index (χ1v) is 16.7. The second-order valence-electron chi connectivity index (χ2n) is 12.9. The molecule has 2 aliphatic heterocycles. The van der Waals surface area contributed by atoms with Crippen LogP contribution in [0.2, 0.25) is 0 Å². The number of furan rings is 1. The molecular weight excluding hydrogens is 614 g/mol. The van der Waals surface area contributed by atoms with Crippen LogP contribution in [-0.4, -0.2) is 38.6 Å². The number of hydrogen-bond donors (Lipinski definition) is 2. The summed E-state index contributed by atoms with van der Waals surface area (Å²) in [5.74, 6) is -3.78. The molecule has 0 bridgehead atoms. The summed E-state index contributed by atoms with van der Waals surface area (Å²) in [7, 11) is 0. The molecule has 10 heteroatoms. The minimum absolute atomic E-state index is 0.197. The van der Waals surface area contributed by atoms with Crippen molar-refractivity contribution in [2.75, 3.05) is 5.43 Å². The van der Waals surface area contributed by atoms with Crippen LogP contribution in [-0.2, 0) is 37.7 Å². The fourth-order valence-corrected chi connectivity index (χ4v) is 9.16. The van der Waals surface area contributed by atoms with Crippen molar-refractivity contribution in [2.24, 2.45) is 23.7 Å². The van der Waals surface area contributed by atoms with Crippen LogP contribution >= 0.6 is 11.3 Å². The topological polar surface area (TPSA) is 120 Å². The van der Waals surface area contributed by atoms with Gasteiger partial charge in [-0.25, -0.2) is 0 Å². The van der Waals surface area contributed by atoms with E-state index in [4.69, 9.17) is 4.42 Å². The van der Waals surface area contributed by atoms with Crippen molar-refractivity contribution < 1.29 is 28.7 Å². The number of fused-ring (bicyclic) bond motifs is 4. The van der Waals surface area contributed by atoms with Gasteiger partial charge in [0.05, 0.1) is 35.9 Å². The predicted molar refractivity (Wildman–Crippen MR) is 173 cm³/mol. The Labute approximate surface area is 275 Å². The van der Waals surface area contributed by atoms with Crippen LogP contribution in [0, 0.1) is 30.6 Å². The maximum Gasteiger partial charge on any atom is 0.260 e. The van der Waals surface area contributed by atoms with E-state index in [0.29, 0.717) is 29.2 Å². The Hall–Kier alpha value is -4.80. The Bertz CT molecular complexity index is 1920. The van der Waals surface area contributed by atoms with Gasteiger partial charge in [0.25, 0.3) is 11.8 Å². The lowest BCUT2D eigenvalue weighted by Gasteiger charge is -2.49. The highest BCUT2D eigenvalue weighted by atomic mass is 32.1. The van der Waals surface area contributed by atoms with Crippen molar-refractivity contribution in [3.05, 3.63) is 123 Å². The Morgan fingerprint density at radius 2 is 1.70 bits per heavy atom. The minimum atomic E-state index is -1.40. The number of nitrogens with zero attached hydrogens (tertiary/aromatic N) is 2. The molecule has 9 nitrogen and oxygen atoms in total. The van der Waals surface area contributed by atoms with Gasteiger partial charge in [0.1, 0.15) is 23.5 Å². The number of nitrogens with one attached hydrogen (secondary N) is 1. The number of aryl methyl sites for hydroxylation is 1. The van der Waals surface area contributed by atoms with Crippen molar-refractivity contribution >= 4 is 40.7 Å². The molecule has 4 heterocycles. The molecule has 1 saturated carbocycles. The standard InChI is InChI=1S/C37H33N3O6S/c1-21-9-11-23(12-10-21)38-40-34(43)29-18-28-26(14-15-27-31(28)35(44)39(33(27)42)19-25-8-5-17-47-25)32(30-16-13-24(20-41)46-30)37(29,36(40)45)22-6-3-2-4-7-22/h2-14,16-17,27-29,31-32,38,41H,15,18-20H2,1H3. The molecule has 6 atom stereocenters. The van der Waals surface area contributed by atoms with Crippen LogP contribution in [0.5, 0.6) is 0 Å². The number of benzene rings is 2. The Kier molecular flexibility index (Phi) is 7.03. The van der Waals surface area contributed by atoms with Gasteiger partial charge < -0.3 is 9.52 Å². The molecular formula is C37H33N3O6S. The lowest BCUT2D eigenvalue weighted by molar-refractivity contribution is -0.141. The first-order valence-electron chi connectivity index (χ1n) is 15.9. The number of allylic oxidation sites excluding steroid dienone is 2. The summed E-state index contributed by atoms with van der Waals surface area (Å²) in [6.45, 7) is 1.85. The van der Waals surface area contributed by atoms with Crippen LogP contribution in [0.1, 0.15) is 46.3 Å². The number of imide groups is 2. The largest absolute Gasteiger partial charge is 0.463 e. The van der Waals surface area contributed by atoms with Crippen LogP contribution in [0.4, 0.5) is 5.69 Å². The van der Waals surface area contributed by atoms with E-state index >= 15 is 4.79 Å². The molecule has 238 valence electrons. The summed E-state index contributed by atoms with van der Waals surface area (Å²) in [6.07, 6.45) is 2.57. The van der Waals surface area contributed by atoms with E-state index < -0.39 is 46.8 Å². The van der Waals surface area contributed by atoms with Crippen LogP contribution in [0.15, 0.2) is 100 Å². The van der Waals surface area contributed by atoms with Gasteiger partial charge in [0.2, 0.25) is 11.8 Å². The van der Waals surface area contributed by atoms with E-state index in [1.165, 1.54) is 16.2 Å². The quantitative estimate of drug-likeness (QED) is 0.206. The third kappa shape index (κ3) is 4.38. The van der Waals surface area contributed by atoms with Gasteiger partial charge in [-0.15, -0.1) is 11.3 Å². The fraction of sp³-hybridized carbons (Fsp3) is 0.297. The summed E-state index contributed by atoms with van der Waals surface area (Å²) in [4.78, 5) is 59.9. The number of carbonyl (C=O) groups excluding carboxylic acids is 4. The highest BCUT2D eigenvalue weighted by Crippen LogP contribution is 2.64. The van der Waals surface area contributed by atoms with Crippen LogP contribution < -0.4 is 5.43 Å². The average molecular weight is 648 g/mol. The number of aliphatic hydroxyl groups excluding tert-OH is 1. The molecule has 4 amide bonds. The zero-order valence-corrected chi connectivity index (χ0v) is 26.5. The third-order valence-electron chi connectivity index (χ3n) is 10.5. The number of hydrazine groups is 1. The molecule has 2 aromatic carbocycles. The second-order valence-corrected chi connectivity index (χ2v) is 13.9. The molecule has 2 aliphatic carbocycles. The number of rotatable bonds is 7. The molecule has 2 saturated heterocycles. The van der Waals surface area contributed by atoms with Crippen LogP contribution in [0.25, 0.3) is 0 Å². The molecule has 0 radical (unpaired) electrons. The van der Waals surface area contributed by atoms with Gasteiger partial charge in [-0.05, 0) is 67.0 Å². The van der Waals surface area contributed by atoms with Gasteiger partial charge in [0, 0.05) is 4.88 Å². The molecule has 2 N–H and O–H groups in total. The van der Waals surface area contributed by atoms with Gasteiger partial charge in [-0.1, -0.05) is 65.7 Å². The molecule has 0 spiro atoms. The monoisotopic (exact) mass is 647 g/mol. The number of thiophene rings is 1. The summed E-state index contributed by atoms with van der Waals surface area (Å²) < 4.78 is 6.22. The Morgan fingerprint density at radius 3 is 2.40 bits per heavy atom. The molecule has 8 rings (SSSR count). The average Bonchev–Trinajstić information content (AvgIpc) is 3.88. The zero-order valence-electron chi connectivity index (χ0n) is 25.7. The van der Waals surface area contributed by atoms with Gasteiger partial charge >= 0.3 is 0 Å². The molecule has 2 aromatic heterocycles. The zero-order chi connectivity index (χ0) is 32.4. The summed E-state index contributed by atoms with van der Waals surface area (Å²) in [5, 5.41) is 13.0. The van der Waals surface area contributed by atoms with Crippen molar-refractivity contribution in [1.82, 2.24) is 9.91 Å². The number of carbonyl (C=O) groups is 4. The first kappa shape index (κ1) is 29.6. The van der Waals surface area contributed by atoms with Crippen molar-refractivity contribution in [1.29, 1.82) is 0 Å². The normalized spacial score (nSPS) is 28.3. The number of anilines is 1. The number of hydrogen-bond acceptors (Lipinski definition) is 8. The fourth-order valence-electron chi connectivity index (χ4n) is 8.47. The van der Waals surface area contributed by atoms with E-state index in [1.807, 2.05) is 85.1 Å². The van der Waals surface area contributed by atoms with Gasteiger partial charge in [-0.3, -0.25) is 29.5 Å². The van der Waals surface area contributed by atoms with Gasteiger partial charge in [0.15, 0.2) is 0 Å². The Morgan fingerprint density at radius 1 is 0.915 bits per heavy atom. The molecule has 4 aliphatic rings. The third-order valence-corrected chi connectivity index (χ3v) is 11.4. The number of amides is 4. The smallest absolute Gasteiger partial charge is 0.260 e. The van der Waals surface area contributed by atoms with Crippen LogP contribution in [0.3, 0.4) is 0 Å². The van der Waals surface area contributed by atoms with E-state index in [9.17, 15) is 19.5 Å². The highest BCUT2D eigenvalue weighted by molar-refractivity contribution is 7.09. The van der Waals surface area contributed by atoms with Crippen molar-refractivity contribution in [2.45, 2.75) is 44.2 Å². The minimum Gasteiger partial charge on any atom is -0.463 e. The van der Waals surface area contributed by atoms with E-state index in [1.54, 1.807) is 12.1 Å². The predicted octanol–water partition coefficient (Wildman–Crippen LogP) is 5.33. The highest BCUT2D eigenvalue weighted by Gasteiger charge is 2.71. The molecule has 6 unspecified atom stereocenters. The second kappa shape index (κ2) is 11.2. The van der Waals surface area contributed by atoms with E-state index in [0.717, 1.165) is 21.0 Å². The number of likely N-dealkylation sites (tertiary alicyclic amines) is 1. The molecule has 4 aromatic rings. The number of aliphatic hydroxyl groups is 1. The maximum absolute atomic E-state index is 15.0. The maximum atomic E-state index is 15.0. The van der Waals surface area contributed by atoms with Gasteiger partial charge in [-0.2, -0.15) is 5.01 Å². The first-order chi connectivity index (χ1) is 22.8. The van der Waals surface area contributed by atoms with E-state index in [-0.39, 0.29) is 31.4 Å². The summed E-state index contributed by atoms with van der Waals surface area (Å²) in [6, 6.07) is 24.0. The summed E-state index contributed by atoms with van der Waals surface area (Å²) in [5.41, 5.74) is 4.81. The van der Waals surface area contributed by atoms with Crippen molar-refractivity contribution in [3.63, 3.8) is 0 Å².